The Morgan fingerprint density at radius 2 is 2.14 bits per heavy atom. The molecule has 0 fully saturated rings. The number of carbonyl (C=O) groups excluding carboxylic acids is 1. The van der Waals surface area contributed by atoms with Crippen molar-refractivity contribution >= 4 is 33.3 Å². The van der Waals surface area contributed by atoms with Gasteiger partial charge in [-0.3, -0.25) is 4.79 Å². The number of rotatable bonds is 3. The molecule has 1 aliphatic rings. The maximum atomic E-state index is 12.5. The molecule has 0 bridgehead atoms. The van der Waals surface area contributed by atoms with Crippen LogP contribution in [0.15, 0.2) is 42.5 Å². The molecule has 0 saturated heterocycles. The van der Waals surface area contributed by atoms with Crippen molar-refractivity contribution in [2.24, 2.45) is 0 Å². The highest BCUT2D eigenvalue weighted by molar-refractivity contribution is 7.20. The quantitative estimate of drug-likeness (QED) is 0.537. The zero-order valence-electron chi connectivity index (χ0n) is 15.8. The Balaban J connectivity index is 1.66. The maximum Gasteiger partial charge on any atom is 0.226 e. The van der Waals surface area contributed by atoms with Crippen LogP contribution in [0.5, 0.6) is 11.5 Å². The summed E-state index contributed by atoms with van der Waals surface area (Å²) in [5, 5.41) is 18.2. The lowest BCUT2D eigenvalue weighted by Crippen LogP contribution is -2.24. The molecule has 1 atom stereocenters. The number of aryl methyl sites for hydroxylation is 1. The van der Waals surface area contributed by atoms with Crippen LogP contribution in [0.4, 0.5) is 5.82 Å². The van der Waals surface area contributed by atoms with Gasteiger partial charge in [-0.15, -0.1) is 0 Å². The second-order valence-electron chi connectivity index (χ2n) is 6.99. The minimum Gasteiger partial charge on any atom is -0.508 e. The van der Waals surface area contributed by atoms with Gasteiger partial charge >= 0.3 is 0 Å². The van der Waals surface area contributed by atoms with E-state index >= 15 is 0 Å². The van der Waals surface area contributed by atoms with Gasteiger partial charge in [-0.1, -0.05) is 23.5 Å². The zero-order valence-corrected chi connectivity index (χ0v) is 16.7. The summed E-state index contributed by atoms with van der Waals surface area (Å²) in [7, 11) is 1.63. The van der Waals surface area contributed by atoms with Gasteiger partial charge in [-0.05, 0) is 42.8 Å². The first-order chi connectivity index (χ1) is 14.0. The first kappa shape index (κ1) is 17.7. The molecular formula is C21H18N4O3S. The molecule has 1 amide bonds. The fraction of sp³-hybridized carbons (Fsp3) is 0.190. The van der Waals surface area contributed by atoms with Gasteiger partial charge in [-0.2, -0.15) is 9.78 Å². The highest BCUT2D eigenvalue weighted by Crippen LogP contribution is 2.41. The molecular weight excluding hydrogens is 388 g/mol. The molecule has 5 rings (SSSR count). The Kier molecular flexibility index (Phi) is 4.02. The number of thiazole rings is 1. The lowest BCUT2D eigenvalue weighted by molar-refractivity contribution is -0.116. The highest BCUT2D eigenvalue weighted by Gasteiger charge is 2.33. The fourth-order valence-corrected chi connectivity index (χ4v) is 4.77. The second kappa shape index (κ2) is 6.59. The number of amides is 1. The van der Waals surface area contributed by atoms with Gasteiger partial charge in [0.15, 0.2) is 0 Å². The lowest BCUT2D eigenvalue weighted by atomic mass is 9.86. The third kappa shape index (κ3) is 2.92. The first-order valence-corrected chi connectivity index (χ1v) is 9.98. The van der Waals surface area contributed by atoms with E-state index in [1.807, 2.05) is 31.2 Å². The summed E-state index contributed by atoms with van der Waals surface area (Å²) in [5.74, 6) is 1.32. The monoisotopic (exact) mass is 406 g/mol. The Morgan fingerprint density at radius 3 is 2.93 bits per heavy atom. The van der Waals surface area contributed by atoms with Crippen molar-refractivity contribution < 1.29 is 14.6 Å². The van der Waals surface area contributed by atoms with Crippen LogP contribution < -0.4 is 10.1 Å². The summed E-state index contributed by atoms with van der Waals surface area (Å²) >= 11 is 1.48. The van der Waals surface area contributed by atoms with Crippen molar-refractivity contribution in [2.45, 2.75) is 19.3 Å². The highest BCUT2D eigenvalue weighted by atomic mass is 32.1. The summed E-state index contributed by atoms with van der Waals surface area (Å²) in [4.78, 5) is 17.2. The van der Waals surface area contributed by atoms with Crippen LogP contribution in [0.2, 0.25) is 0 Å². The number of benzene rings is 2. The molecule has 4 aromatic rings. The van der Waals surface area contributed by atoms with Crippen LogP contribution in [-0.4, -0.2) is 32.9 Å². The van der Waals surface area contributed by atoms with E-state index in [0.717, 1.165) is 32.8 Å². The number of hydrogen-bond acceptors (Lipinski definition) is 6. The lowest BCUT2D eigenvalue weighted by Gasteiger charge is -2.24. The fourth-order valence-electron chi connectivity index (χ4n) is 3.82. The number of ether oxygens (including phenoxy) is 1. The molecule has 0 radical (unpaired) electrons. The zero-order chi connectivity index (χ0) is 20.1. The summed E-state index contributed by atoms with van der Waals surface area (Å²) < 4.78 is 7.98. The predicted molar refractivity (Wildman–Crippen MR) is 111 cm³/mol. The number of aromatic nitrogens is 3. The van der Waals surface area contributed by atoms with Crippen molar-refractivity contribution in [2.75, 3.05) is 12.4 Å². The number of hydrogen-bond donors (Lipinski definition) is 2. The number of phenols is 1. The van der Waals surface area contributed by atoms with Gasteiger partial charge in [0, 0.05) is 17.9 Å². The largest absolute Gasteiger partial charge is 0.508 e. The van der Waals surface area contributed by atoms with Crippen molar-refractivity contribution in [3.63, 3.8) is 0 Å². The number of nitrogens with zero attached hydrogens (tertiary/aromatic N) is 3. The van der Waals surface area contributed by atoms with Gasteiger partial charge in [0.1, 0.15) is 17.3 Å². The summed E-state index contributed by atoms with van der Waals surface area (Å²) in [6.45, 7) is 1.93. The molecule has 1 aliphatic heterocycles. The van der Waals surface area contributed by atoms with E-state index in [1.165, 1.54) is 11.3 Å². The number of anilines is 1. The molecule has 0 spiro atoms. The van der Waals surface area contributed by atoms with E-state index in [-0.39, 0.29) is 17.6 Å². The van der Waals surface area contributed by atoms with Crippen LogP contribution in [0.3, 0.4) is 0 Å². The molecule has 0 aliphatic carbocycles. The number of carbonyl (C=O) groups is 1. The van der Waals surface area contributed by atoms with Gasteiger partial charge in [0.05, 0.1) is 23.0 Å². The van der Waals surface area contributed by atoms with E-state index in [0.29, 0.717) is 17.4 Å². The van der Waals surface area contributed by atoms with Gasteiger partial charge in [0.25, 0.3) is 0 Å². The van der Waals surface area contributed by atoms with Crippen LogP contribution in [-0.2, 0) is 4.79 Å². The molecule has 0 unspecified atom stereocenters. The van der Waals surface area contributed by atoms with Crippen LogP contribution in [0, 0.1) is 6.92 Å². The second-order valence-corrected chi connectivity index (χ2v) is 8.00. The molecule has 0 saturated carbocycles. The number of nitrogens with one attached hydrogen (secondary N) is 1. The average molecular weight is 406 g/mol. The number of methoxy groups -OCH3 is 1. The molecule has 2 aromatic heterocycles. The summed E-state index contributed by atoms with van der Waals surface area (Å²) in [5.41, 5.74) is 3.51. The number of aromatic hydroxyl groups is 1. The van der Waals surface area contributed by atoms with Crippen LogP contribution in [0.1, 0.15) is 29.2 Å². The summed E-state index contributed by atoms with van der Waals surface area (Å²) in [6.07, 6.45) is 0.306. The molecule has 3 heterocycles. The predicted octanol–water partition coefficient (Wildman–Crippen LogP) is 3.98. The standard InChI is InChI=1S/C21H18N4O3S/c1-11-19-15(12-4-3-5-13(26)8-12)10-18(27)23-20(19)25(24-11)21-22-16-7-6-14(28-2)9-17(16)29-21/h3-9,15,26H,10H2,1-2H3,(H,23,27)/t15-/m1/s1. The third-order valence-corrected chi connectivity index (χ3v) is 6.13. The number of phenolic OH excluding ortho intramolecular Hbond substituents is 1. The minimum atomic E-state index is -0.172. The Bertz CT molecular complexity index is 1260. The molecule has 8 heteroatoms. The smallest absolute Gasteiger partial charge is 0.226 e. The van der Waals surface area contributed by atoms with Gasteiger partial charge in [0.2, 0.25) is 11.0 Å². The first-order valence-electron chi connectivity index (χ1n) is 9.16. The van der Waals surface area contributed by atoms with Crippen LogP contribution >= 0.6 is 11.3 Å². The average Bonchev–Trinajstić information content (AvgIpc) is 3.27. The Hall–Kier alpha value is -3.39. The van der Waals surface area contributed by atoms with E-state index in [2.05, 4.69) is 15.4 Å². The topological polar surface area (TPSA) is 89.3 Å². The third-order valence-electron chi connectivity index (χ3n) is 5.14. The SMILES string of the molecule is COc1ccc2nc(-n3nc(C)c4c3NC(=O)C[C@@H]4c3cccc(O)c3)sc2c1. The Labute approximate surface area is 170 Å². The molecule has 7 nitrogen and oxygen atoms in total. The van der Waals surface area contributed by atoms with E-state index < -0.39 is 0 Å². The van der Waals surface area contributed by atoms with E-state index in [9.17, 15) is 9.90 Å². The van der Waals surface area contributed by atoms with Gasteiger partial charge in [-0.25, -0.2) is 4.98 Å². The summed E-state index contributed by atoms with van der Waals surface area (Å²) in [6, 6.07) is 12.8. The van der Waals surface area contributed by atoms with E-state index in [4.69, 9.17) is 4.74 Å². The van der Waals surface area contributed by atoms with Gasteiger partial charge < -0.3 is 15.2 Å². The Morgan fingerprint density at radius 1 is 1.28 bits per heavy atom. The molecule has 2 N–H and O–H groups in total. The molecule has 29 heavy (non-hydrogen) atoms. The van der Waals surface area contributed by atoms with E-state index in [1.54, 1.807) is 30.0 Å². The van der Waals surface area contributed by atoms with Crippen molar-refractivity contribution in [1.29, 1.82) is 0 Å². The normalized spacial score (nSPS) is 15.9. The minimum absolute atomic E-state index is 0.0882. The van der Waals surface area contributed by atoms with Crippen molar-refractivity contribution in [3.05, 3.63) is 59.3 Å². The maximum absolute atomic E-state index is 12.5. The number of fused-ring (bicyclic) bond motifs is 2. The molecule has 2 aromatic carbocycles. The molecule has 146 valence electrons. The van der Waals surface area contributed by atoms with Crippen molar-refractivity contribution in [3.8, 4) is 16.6 Å². The van der Waals surface area contributed by atoms with Crippen molar-refractivity contribution in [1.82, 2.24) is 14.8 Å². The van der Waals surface area contributed by atoms with Crippen LogP contribution in [0.25, 0.3) is 15.3 Å².